The fraction of sp³-hybridized carbons (Fsp3) is 0.385. The third-order valence-corrected chi connectivity index (χ3v) is 3.31. The maximum atomic E-state index is 13.1. The predicted octanol–water partition coefficient (Wildman–Crippen LogP) is 3.80. The van der Waals surface area contributed by atoms with Crippen molar-refractivity contribution < 1.29 is 4.39 Å². The lowest BCUT2D eigenvalue weighted by Crippen LogP contribution is -2.06. The fourth-order valence-corrected chi connectivity index (χ4v) is 2.38. The summed E-state index contributed by atoms with van der Waals surface area (Å²) in [6, 6.07) is 6.61. The minimum atomic E-state index is -0.218. The lowest BCUT2D eigenvalue weighted by Gasteiger charge is -2.12. The van der Waals surface area contributed by atoms with Gasteiger partial charge >= 0.3 is 0 Å². The van der Waals surface area contributed by atoms with Gasteiger partial charge in [0, 0.05) is 18.0 Å². The molecule has 5 heteroatoms. The van der Waals surface area contributed by atoms with E-state index in [-0.39, 0.29) is 11.9 Å². The van der Waals surface area contributed by atoms with Crippen LogP contribution in [0.2, 0.25) is 0 Å². The van der Waals surface area contributed by atoms with Crippen LogP contribution in [0.15, 0.2) is 24.3 Å². The Morgan fingerprint density at radius 2 is 2.28 bits per heavy atom. The number of halogens is 1. The van der Waals surface area contributed by atoms with Crippen molar-refractivity contribution in [2.45, 2.75) is 32.7 Å². The van der Waals surface area contributed by atoms with Crippen molar-refractivity contribution in [1.82, 2.24) is 9.36 Å². The Balaban J connectivity index is 2.04. The van der Waals surface area contributed by atoms with Crippen molar-refractivity contribution in [2.24, 2.45) is 0 Å². The smallest absolute Gasteiger partial charge is 0.203 e. The van der Waals surface area contributed by atoms with Crippen LogP contribution in [-0.4, -0.2) is 9.36 Å². The summed E-state index contributed by atoms with van der Waals surface area (Å²) in [6.45, 7) is 4.08. The molecular formula is C13H16FN3S. The Labute approximate surface area is 110 Å². The Hall–Kier alpha value is -1.49. The molecular weight excluding hydrogens is 249 g/mol. The molecule has 1 heterocycles. The van der Waals surface area contributed by atoms with E-state index in [4.69, 9.17) is 0 Å². The van der Waals surface area contributed by atoms with Crippen LogP contribution in [-0.2, 0) is 6.42 Å². The molecule has 1 atom stereocenters. The van der Waals surface area contributed by atoms with Crippen molar-refractivity contribution in [3.63, 3.8) is 0 Å². The summed E-state index contributed by atoms with van der Waals surface area (Å²) >= 11 is 1.35. The zero-order chi connectivity index (χ0) is 13.0. The molecule has 0 bridgehead atoms. The van der Waals surface area contributed by atoms with Crippen LogP contribution >= 0.6 is 11.5 Å². The van der Waals surface area contributed by atoms with Gasteiger partial charge in [-0.3, -0.25) is 0 Å². The highest BCUT2D eigenvalue weighted by atomic mass is 32.1. The maximum absolute atomic E-state index is 13.1. The molecule has 3 nitrogen and oxygen atoms in total. The number of hydrogen-bond acceptors (Lipinski definition) is 4. The summed E-state index contributed by atoms with van der Waals surface area (Å²) in [5, 5.41) is 4.03. The van der Waals surface area contributed by atoms with E-state index in [1.807, 2.05) is 13.0 Å². The molecule has 0 spiro atoms. The van der Waals surface area contributed by atoms with Gasteiger partial charge in [-0.1, -0.05) is 19.1 Å². The average Bonchev–Trinajstić information content (AvgIpc) is 2.77. The molecule has 0 aliphatic rings. The fourth-order valence-electron chi connectivity index (χ4n) is 1.68. The summed E-state index contributed by atoms with van der Waals surface area (Å²) in [5.41, 5.74) is 0.905. The number of nitrogens with zero attached hydrogens (tertiary/aromatic N) is 2. The van der Waals surface area contributed by atoms with Crippen LogP contribution < -0.4 is 5.32 Å². The van der Waals surface area contributed by atoms with E-state index >= 15 is 0 Å². The predicted molar refractivity (Wildman–Crippen MR) is 72.3 cm³/mol. The molecule has 2 rings (SSSR count). The first-order chi connectivity index (χ1) is 8.69. The minimum absolute atomic E-state index is 0.0168. The zero-order valence-corrected chi connectivity index (χ0v) is 11.3. The number of hydrogen-bond donors (Lipinski definition) is 1. The highest BCUT2D eigenvalue weighted by Gasteiger charge is 2.09. The Bertz CT molecular complexity index is 512. The van der Waals surface area contributed by atoms with Crippen LogP contribution in [0.5, 0.6) is 0 Å². The van der Waals surface area contributed by atoms with E-state index in [9.17, 15) is 4.39 Å². The van der Waals surface area contributed by atoms with Crippen LogP contribution in [0.4, 0.5) is 9.52 Å². The minimum Gasteiger partial charge on any atom is -0.354 e. The van der Waals surface area contributed by atoms with E-state index in [0.29, 0.717) is 0 Å². The first-order valence-electron chi connectivity index (χ1n) is 6.03. The van der Waals surface area contributed by atoms with Gasteiger partial charge in [0.1, 0.15) is 11.6 Å². The van der Waals surface area contributed by atoms with Crippen LogP contribution in [0.1, 0.15) is 37.7 Å². The number of rotatable bonds is 5. The highest BCUT2D eigenvalue weighted by molar-refractivity contribution is 7.09. The molecule has 96 valence electrons. The van der Waals surface area contributed by atoms with Crippen molar-refractivity contribution in [3.05, 3.63) is 41.5 Å². The molecule has 1 N–H and O–H groups in total. The van der Waals surface area contributed by atoms with Gasteiger partial charge in [0.25, 0.3) is 0 Å². The molecule has 2 aromatic rings. The number of nitrogens with one attached hydrogen (secondary N) is 1. The zero-order valence-electron chi connectivity index (χ0n) is 10.5. The standard InChI is InChI=1S/C13H16FN3S/c1-3-5-12-16-13(18-17-12)15-9(2)10-6-4-7-11(14)8-10/h4,6-9H,3,5H2,1-2H3,(H,15,16,17). The summed E-state index contributed by atoms with van der Waals surface area (Å²) < 4.78 is 17.4. The second-order valence-corrected chi connectivity index (χ2v) is 4.94. The van der Waals surface area contributed by atoms with Crippen molar-refractivity contribution in [2.75, 3.05) is 5.32 Å². The van der Waals surface area contributed by atoms with Gasteiger partial charge < -0.3 is 5.32 Å². The van der Waals surface area contributed by atoms with Crippen molar-refractivity contribution in [3.8, 4) is 0 Å². The summed E-state index contributed by atoms with van der Waals surface area (Å²) in [4.78, 5) is 4.39. The van der Waals surface area contributed by atoms with Crippen molar-refractivity contribution in [1.29, 1.82) is 0 Å². The van der Waals surface area contributed by atoms with E-state index in [1.54, 1.807) is 6.07 Å². The molecule has 0 amide bonds. The van der Waals surface area contributed by atoms with Gasteiger partial charge in [-0.25, -0.2) is 9.37 Å². The van der Waals surface area contributed by atoms with E-state index in [2.05, 4.69) is 21.6 Å². The van der Waals surface area contributed by atoms with Crippen LogP contribution in [0.3, 0.4) is 0 Å². The molecule has 0 fully saturated rings. The molecule has 0 saturated carbocycles. The molecule has 1 aromatic carbocycles. The summed E-state index contributed by atoms with van der Waals surface area (Å²) in [5.74, 6) is 0.654. The highest BCUT2D eigenvalue weighted by Crippen LogP contribution is 2.21. The van der Waals surface area contributed by atoms with Crippen LogP contribution in [0, 0.1) is 5.82 Å². The Kier molecular flexibility index (Phi) is 4.25. The van der Waals surface area contributed by atoms with E-state index in [0.717, 1.165) is 29.4 Å². The lowest BCUT2D eigenvalue weighted by atomic mass is 10.1. The SMILES string of the molecule is CCCc1nsc(NC(C)c2cccc(F)c2)n1. The first kappa shape index (κ1) is 13.0. The number of anilines is 1. The monoisotopic (exact) mass is 265 g/mol. The normalized spacial score (nSPS) is 12.4. The summed E-state index contributed by atoms with van der Waals surface area (Å²) in [6.07, 6.45) is 1.93. The Morgan fingerprint density at radius 3 is 3.00 bits per heavy atom. The molecule has 18 heavy (non-hydrogen) atoms. The number of aromatic nitrogens is 2. The van der Waals surface area contributed by atoms with Crippen molar-refractivity contribution >= 4 is 16.7 Å². The number of aryl methyl sites for hydroxylation is 1. The maximum Gasteiger partial charge on any atom is 0.203 e. The molecule has 0 radical (unpaired) electrons. The molecule has 0 aliphatic heterocycles. The van der Waals surface area contributed by atoms with Gasteiger partial charge in [-0.15, -0.1) is 0 Å². The van der Waals surface area contributed by atoms with Gasteiger partial charge in [-0.05, 0) is 31.0 Å². The lowest BCUT2D eigenvalue weighted by molar-refractivity contribution is 0.623. The Morgan fingerprint density at radius 1 is 1.44 bits per heavy atom. The topological polar surface area (TPSA) is 37.8 Å². The van der Waals surface area contributed by atoms with Gasteiger partial charge in [-0.2, -0.15) is 4.37 Å². The quantitative estimate of drug-likeness (QED) is 0.893. The second-order valence-electron chi connectivity index (χ2n) is 4.19. The average molecular weight is 265 g/mol. The van der Waals surface area contributed by atoms with Crippen LogP contribution in [0.25, 0.3) is 0 Å². The third-order valence-electron chi connectivity index (χ3n) is 2.63. The van der Waals surface area contributed by atoms with Gasteiger partial charge in [0.2, 0.25) is 5.13 Å². The molecule has 1 unspecified atom stereocenters. The first-order valence-corrected chi connectivity index (χ1v) is 6.81. The van der Waals surface area contributed by atoms with E-state index in [1.165, 1.54) is 23.7 Å². The van der Waals surface area contributed by atoms with Gasteiger partial charge in [0.15, 0.2) is 0 Å². The van der Waals surface area contributed by atoms with Gasteiger partial charge in [0.05, 0.1) is 6.04 Å². The molecule has 0 saturated heterocycles. The molecule has 0 aliphatic carbocycles. The summed E-state index contributed by atoms with van der Waals surface area (Å²) in [7, 11) is 0. The van der Waals surface area contributed by atoms with E-state index < -0.39 is 0 Å². The second kappa shape index (κ2) is 5.91. The largest absolute Gasteiger partial charge is 0.354 e. The molecule has 1 aromatic heterocycles. The third kappa shape index (κ3) is 3.26. The number of benzene rings is 1.